The normalized spacial score (nSPS) is 9.50. The Morgan fingerprint density at radius 3 is 2.62 bits per heavy atom. The minimum absolute atomic E-state index is 0.287. The Bertz CT molecular complexity index is 865. The highest BCUT2D eigenvalue weighted by Gasteiger charge is 2.13. The molecule has 1 amide bonds. The molecule has 0 fully saturated rings. The van der Waals surface area contributed by atoms with Gasteiger partial charge in [-0.1, -0.05) is 24.0 Å². The van der Waals surface area contributed by atoms with E-state index in [-0.39, 0.29) is 5.69 Å². The zero-order valence-electron chi connectivity index (χ0n) is 12.3. The number of pyridine rings is 1. The van der Waals surface area contributed by atoms with Gasteiger partial charge in [0.25, 0.3) is 5.91 Å². The van der Waals surface area contributed by atoms with Crippen molar-refractivity contribution in [1.82, 2.24) is 10.3 Å². The minimum atomic E-state index is -1.21. The van der Waals surface area contributed by atoms with Gasteiger partial charge in [0, 0.05) is 22.9 Å². The van der Waals surface area contributed by atoms with Crippen LogP contribution in [0.15, 0.2) is 36.5 Å². The molecule has 0 unspecified atom stereocenters. The molecule has 0 saturated heterocycles. The van der Waals surface area contributed by atoms with E-state index >= 15 is 0 Å². The van der Waals surface area contributed by atoms with E-state index in [1.54, 1.807) is 24.3 Å². The van der Waals surface area contributed by atoms with Crippen LogP contribution in [0.5, 0.6) is 5.75 Å². The first-order chi connectivity index (χ1) is 11.5. The van der Waals surface area contributed by atoms with Gasteiger partial charge < -0.3 is 15.5 Å². The van der Waals surface area contributed by atoms with Crippen LogP contribution in [0, 0.1) is 11.8 Å². The third-order valence-corrected chi connectivity index (χ3v) is 2.86. The second-order valence-corrected chi connectivity index (χ2v) is 4.66. The molecule has 0 atom stereocenters. The molecule has 0 spiro atoms. The number of nitrogens with zero attached hydrogens (tertiary/aromatic N) is 1. The molecule has 2 aromatic rings. The number of carboxylic acids is 1. The fourth-order valence-corrected chi connectivity index (χ4v) is 1.77. The van der Waals surface area contributed by atoms with Crippen LogP contribution in [0.2, 0.25) is 0 Å². The van der Waals surface area contributed by atoms with Crippen molar-refractivity contribution in [3.05, 3.63) is 58.9 Å². The Hall–Kier alpha value is -3.66. The molecule has 0 aliphatic heterocycles. The molecule has 2 rings (SSSR count). The van der Waals surface area contributed by atoms with Gasteiger partial charge in [-0.15, -0.1) is 0 Å². The van der Waals surface area contributed by atoms with Gasteiger partial charge in [-0.3, -0.25) is 14.4 Å². The summed E-state index contributed by atoms with van der Waals surface area (Å²) in [6.07, 6.45) is 2.00. The molecule has 7 heteroatoms. The summed E-state index contributed by atoms with van der Waals surface area (Å²) in [7, 11) is 0. The summed E-state index contributed by atoms with van der Waals surface area (Å²) < 4.78 is 0. The first-order valence-electron chi connectivity index (χ1n) is 6.76. The van der Waals surface area contributed by atoms with Crippen LogP contribution in [0.25, 0.3) is 0 Å². The average molecular weight is 324 g/mol. The molecule has 1 heterocycles. The summed E-state index contributed by atoms with van der Waals surface area (Å²) in [5.41, 5.74) is 1.18. The van der Waals surface area contributed by atoms with E-state index in [1.807, 2.05) is 0 Å². The molecule has 0 saturated carbocycles. The van der Waals surface area contributed by atoms with Crippen LogP contribution in [0.4, 0.5) is 0 Å². The Morgan fingerprint density at radius 1 is 1.21 bits per heavy atom. The monoisotopic (exact) mass is 324 g/mol. The lowest BCUT2D eigenvalue weighted by molar-refractivity contribution is -0.135. The summed E-state index contributed by atoms with van der Waals surface area (Å²) >= 11 is 0. The fraction of sp³-hybridized carbons (Fsp3) is 0.0588. The Kier molecular flexibility index (Phi) is 5.26. The minimum Gasteiger partial charge on any atom is -0.505 e. The van der Waals surface area contributed by atoms with Gasteiger partial charge in [-0.05, 0) is 18.2 Å². The summed E-state index contributed by atoms with van der Waals surface area (Å²) in [6, 6.07) is 7.93. The SMILES string of the molecule is O=Cc1cccc(C#Cc2cnc(C(=O)NCC(=O)O)c(O)c2)c1. The maximum absolute atomic E-state index is 11.7. The number of hydrogen-bond acceptors (Lipinski definition) is 5. The Balaban J connectivity index is 2.18. The van der Waals surface area contributed by atoms with Crippen molar-refractivity contribution in [2.75, 3.05) is 6.54 Å². The molecule has 1 aromatic heterocycles. The first kappa shape index (κ1) is 16.7. The van der Waals surface area contributed by atoms with Gasteiger partial charge >= 0.3 is 5.97 Å². The quantitative estimate of drug-likeness (QED) is 0.566. The standard InChI is InChI=1S/C17H12N2O5/c20-10-13-3-1-2-11(6-13)4-5-12-7-14(21)16(18-8-12)17(24)19-9-15(22)23/h1-3,6-8,10,21H,9H2,(H,19,24)(H,22,23). The number of benzene rings is 1. The van der Waals surface area contributed by atoms with E-state index in [9.17, 15) is 19.5 Å². The van der Waals surface area contributed by atoms with Crippen molar-refractivity contribution in [3.8, 4) is 17.6 Å². The fourth-order valence-electron chi connectivity index (χ4n) is 1.77. The van der Waals surface area contributed by atoms with Gasteiger partial charge in [-0.2, -0.15) is 0 Å². The van der Waals surface area contributed by atoms with Crippen molar-refractivity contribution in [1.29, 1.82) is 0 Å². The number of aliphatic carboxylic acids is 1. The van der Waals surface area contributed by atoms with E-state index in [2.05, 4.69) is 22.1 Å². The van der Waals surface area contributed by atoms with Crippen LogP contribution in [-0.4, -0.2) is 39.9 Å². The number of carbonyl (C=O) groups is 3. The number of rotatable bonds is 4. The zero-order chi connectivity index (χ0) is 17.5. The van der Waals surface area contributed by atoms with Crippen LogP contribution < -0.4 is 5.32 Å². The van der Waals surface area contributed by atoms with E-state index in [0.29, 0.717) is 23.0 Å². The Morgan fingerprint density at radius 2 is 1.96 bits per heavy atom. The number of carbonyl (C=O) groups excluding carboxylic acids is 2. The van der Waals surface area contributed by atoms with Crippen molar-refractivity contribution >= 4 is 18.2 Å². The van der Waals surface area contributed by atoms with Crippen LogP contribution in [0.1, 0.15) is 32.0 Å². The lowest BCUT2D eigenvalue weighted by atomic mass is 10.1. The molecule has 3 N–H and O–H groups in total. The first-order valence-corrected chi connectivity index (χ1v) is 6.76. The molecule has 1 aromatic carbocycles. The summed E-state index contributed by atoms with van der Waals surface area (Å²) in [6.45, 7) is -0.575. The lowest BCUT2D eigenvalue weighted by Crippen LogP contribution is -2.29. The Labute approximate surface area is 137 Å². The van der Waals surface area contributed by atoms with Crippen molar-refractivity contribution in [2.45, 2.75) is 0 Å². The zero-order valence-corrected chi connectivity index (χ0v) is 12.3. The molecule has 0 bridgehead atoms. The van der Waals surface area contributed by atoms with Crippen LogP contribution in [0.3, 0.4) is 0 Å². The molecule has 0 radical (unpaired) electrons. The smallest absolute Gasteiger partial charge is 0.322 e. The van der Waals surface area contributed by atoms with Crippen molar-refractivity contribution < 1.29 is 24.6 Å². The van der Waals surface area contributed by atoms with E-state index in [4.69, 9.17) is 5.11 Å². The van der Waals surface area contributed by atoms with Gasteiger partial charge in [-0.25, -0.2) is 4.98 Å². The largest absolute Gasteiger partial charge is 0.505 e. The number of aromatic hydroxyl groups is 1. The van der Waals surface area contributed by atoms with Crippen molar-refractivity contribution in [3.63, 3.8) is 0 Å². The predicted octanol–water partition coefficient (Wildman–Crippen LogP) is 0.814. The highest BCUT2D eigenvalue weighted by molar-refractivity contribution is 5.96. The van der Waals surface area contributed by atoms with Gasteiger partial charge in [0.05, 0.1) is 0 Å². The van der Waals surface area contributed by atoms with Crippen LogP contribution in [-0.2, 0) is 4.79 Å². The molecular weight excluding hydrogens is 312 g/mol. The number of aldehydes is 1. The second kappa shape index (κ2) is 7.56. The number of nitrogens with one attached hydrogen (secondary N) is 1. The van der Waals surface area contributed by atoms with Gasteiger partial charge in [0.1, 0.15) is 18.6 Å². The van der Waals surface area contributed by atoms with Crippen molar-refractivity contribution in [2.24, 2.45) is 0 Å². The summed E-state index contributed by atoms with van der Waals surface area (Å²) in [4.78, 5) is 36.6. The third kappa shape index (κ3) is 4.42. The lowest BCUT2D eigenvalue weighted by Gasteiger charge is -2.04. The van der Waals surface area contributed by atoms with Gasteiger partial charge in [0.2, 0.25) is 0 Å². The molecular formula is C17H12N2O5. The van der Waals surface area contributed by atoms with E-state index < -0.39 is 24.2 Å². The maximum Gasteiger partial charge on any atom is 0.322 e. The van der Waals surface area contributed by atoms with Gasteiger partial charge in [0.15, 0.2) is 5.69 Å². The highest BCUT2D eigenvalue weighted by Crippen LogP contribution is 2.15. The molecule has 0 aliphatic carbocycles. The molecule has 7 nitrogen and oxygen atoms in total. The number of carboxylic acid groups (broad SMARTS) is 1. The predicted molar refractivity (Wildman–Crippen MR) is 83.7 cm³/mol. The number of hydrogen-bond donors (Lipinski definition) is 3. The summed E-state index contributed by atoms with van der Waals surface area (Å²) in [5, 5.41) is 20.4. The highest BCUT2D eigenvalue weighted by atomic mass is 16.4. The number of aromatic nitrogens is 1. The molecule has 0 aliphatic rings. The van der Waals surface area contributed by atoms with Crippen LogP contribution >= 0.6 is 0 Å². The molecule has 24 heavy (non-hydrogen) atoms. The average Bonchev–Trinajstić information content (AvgIpc) is 2.58. The number of amides is 1. The second-order valence-electron chi connectivity index (χ2n) is 4.66. The topological polar surface area (TPSA) is 117 Å². The van der Waals surface area contributed by atoms with E-state index in [0.717, 1.165) is 0 Å². The summed E-state index contributed by atoms with van der Waals surface area (Å²) in [5.74, 6) is 3.15. The molecule has 120 valence electrons. The maximum atomic E-state index is 11.7. The third-order valence-electron chi connectivity index (χ3n) is 2.86. The van der Waals surface area contributed by atoms with E-state index in [1.165, 1.54) is 12.3 Å².